The normalized spacial score (nSPS) is 11.1. The summed E-state index contributed by atoms with van der Waals surface area (Å²) < 4.78 is 6.24. The molecule has 3 aromatic carbocycles. The second kappa shape index (κ2) is 14.3. The van der Waals surface area contributed by atoms with Crippen LogP contribution in [-0.2, 0) is 0 Å². The molecule has 0 heterocycles. The van der Waals surface area contributed by atoms with Crippen LogP contribution in [0.2, 0.25) is 0 Å². The molecule has 0 aromatic heterocycles. The Labute approximate surface area is 235 Å². The zero-order chi connectivity index (χ0) is 28.2. The van der Waals surface area contributed by atoms with Gasteiger partial charge in [-0.05, 0) is 49.4 Å². The molecule has 0 bridgehead atoms. The minimum absolute atomic E-state index is 0.0240. The number of hydrogen-bond donors (Lipinski definition) is 2. The molecule has 0 fully saturated rings. The van der Waals surface area contributed by atoms with Gasteiger partial charge in [0.1, 0.15) is 11.5 Å². The summed E-state index contributed by atoms with van der Waals surface area (Å²) in [5.74, 6) is -0.396. The summed E-state index contributed by atoms with van der Waals surface area (Å²) in [4.78, 5) is 14.7. The summed E-state index contributed by atoms with van der Waals surface area (Å²) >= 11 is 3.29. The fourth-order valence-electron chi connectivity index (χ4n) is 3.51. The third-order valence-corrected chi connectivity index (χ3v) is 6.03. The monoisotopic (exact) mass is 587 g/mol. The lowest BCUT2D eigenvalue weighted by atomic mass is 10.1. The average molecular weight is 588 g/mol. The summed E-state index contributed by atoms with van der Waals surface area (Å²) in [5, 5.41) is 40.9. The number of methoxy groups -OCH3 is 1. The van der Waals surface area contributed by atoms with Crippen LogP contribution in [0.1, 0.15) is 34.3 Å². The van der Waals surface area contributed by atoms with E-state index in [2.05, 4.69) is 48.8 Å². The number of phenols is 1. The Bertz CT molecular complexity index is 1440. The highest BCUT2D eigenvalue weighted by Crippen LogP contribution is 2.28. The van der Waals surface area contributed by atoms with Crippen LogP contribution in [0.5, 0.6) is 11.5 Å². The smallest absolute Gasteiger partial charge is 0.275 e. The molecule has 0 atom stereocenters. The summed E-state index contributed by atoms with van der Waals surface area (Å²) in [6.45, 7) is 2.85. The fraction of sp³-hybridized carbons (Fsp3) is 0.214. The first-order valence-corrected chi connectivity index (χ1v) is 12.7. The Morgan fingerprint density at radius 1 is 1.03 bits per heavy atom. The molecule has 3 aromatic rings. The van der Waals surface area contributed by atoms with E-state index < -0.39 is 5.91 Å². The first kappa shape index (κ1) is 28.8. The van der Waals surface area contributed by atoms with E-state index in [0.717, 1.165) is 11.3 Å². The average Bonchev–Trinajstić information content (AvgIpc) is 2.95. The first-order chi connectivity index (χ1) is 18.9. The van der Waals surface area contributed by atoms with Crippen molar-refractivity contribution >= 4 is 39.0 Å². The van der Waals surface area contributed by atoms with Gasteiger partial charge in [-0.25, -0.2) is 5.43 Å². The highest BCUT2D eigenvalue weighted by Gasteiger charge is 2.17. The molecule has 0 saturated heterocycles. The van der Waals surface area contributed by atoms with Gasteiger partial charge in [0.15, 0.2) is 0 Å². The van der Waals surface area contributed by atoms with Crippen LogP contribution in [0.25, 0.3) is 0 Å². The van der Waals surface area contributed by atoms with Crippen molar-refractivity contribution in [1.82, 2.24) is 5.43 Å². The number of carbonyl (C=O) groups is 1. The van der Waals surface area contributed by atoms with Gasteiger partial charge in [0, 0.05) is 29.3 Å². The van der Waals surface area contributed by atoms with Gasteiger partial charge in [-0.1, -0.05) is 33.6 Å². The summed E-state index contributed by atoms with van der Waals surface area (Å²) in [7, 11) is 1.49. The molecule has 2 N–H and O–H groups in total. The van der Waals surface area contributed by atoms with Crippen molar-refractivity contribution in [2.75, 3.05) is 25.1 Å². The third-order valence-electron chi connectivity index (χ3n) is 5.54. The Balaban J connectivity index is 2.01. The van der Waals surface area contributed by atoms with Crippen LogP contribution in [0.15, 0.2) is 80.5 Å². The standard InChI is InChI=1S/C28H26BrN7O3/c1-19-5-8-21(9-6-19)32-33-27(34-35-28(38)24-17-20(29)7-12-25(24)37)23-11-10-22(18-26(23)39-2)36(15-3-13-30)16-4-14-31/h5-12,17-18,37H,3-4,15-16H2,1-2H3,(H,35,38)/b33-32?,34-27+. The number of amides is 1. The lowest BCUT2D eigenvalue weighted by Crippen LogP contribution is -2.25. The van der Waals surface area contributed by atoms with Crippen molar-refractivity contribution in [2.45, 2.75) is 19.8 Å². The Kier molecular flexibility index (Phi) is 10.5. The molecular weight excluding hydrogens is 562 g/mol. The number of benzene rings is 3. The van der Waals surface area contributed by atoms with Crippen LogP contribution >= 0.6 is 15.9 Å². The highest BCUT2D eigenvalue weighted by molar-refractivity contribution is 9.10. The molecule has 11 heteroatoms. The quantitative estimate of drug-likeness (QED) is 0.129. The Morgan fingerprint density at radius 2 is 1.72 bits per heavy atom. The van der Waals surface area contributed by atoms with Crippen molar-refractivity contribution in [1.29, 1.82) is 10.5 Å². The maximum atomic E-state index is 12.8. The van der Waals surface area contributed by atoms with Gasteiger partial charge in [0.05, 0.1) is 48.9 Å². The zero-order valence-corrected chi connectivity index (χ0v) is 23.0. The van der Waals surface area contributed by atoms with Crippen molar-refractivity contribution in [3.05, 3.63) is 81.8 Å². The highest BCUT2D eigenvalue weighted by atomic mass is 79.9. The number of halogens is 1. The third kappa shape index (κ3) is 8.12. The van der Waals surface area contributed by atoms with Gasteiger partial charge >= 0.3 is 0 Å². The number of azo groups is 1. The van der Waals surface area contributed by atoms with Crippen molar-refractivity contribution in [3.63, 3.8) is 0 Å². The lowest BCUT2D eigenvalue weighted by Gasteiger charge is -2.23. The second-order valence-corrected chi connectivity index (χ2v) is 9.18. The van der Waals surface area contributed by atoms with E-state index in [1.807, 2.05) is 24.0 Å². The number of anilines is 1. The van der Waals surface area contributed by atoms with E-state index in [9.17, 15) is 9.90 Å². The predicted octanol–water partition coefficient (Wildman–Crippen LogP) is 5.98. The van der Waals surface area contributed by atoms with E-state index in [1.54, 1.807) is 36.4 Å². The molecule has 0 spiro atoms. The van der Waals surface area contributed by atoms with E-state index in [0.29, 0.717) is 47.4 Å². The molecule has 3 rings (SSSR count). The van der Waals surface area contributed by atoms with Crippen LogP contribution < -0.4 is 15.1 Å². The predicted molar refractivity (Wildman–Crippen MR) is 151 cm³/mol. The number of hydrogen-bond acceptors (Lipinski definition) is 8. The number of ether oxygens (including phenoxy) is 1. The minimum atomic E-state index is -0.647. The lowest BCUT2D eigenvalue weighted by molar-refractivity contribution is 0.0952. The topological polar surface area (TPSA) is 146 Å². The number of nitrogens with one attached hydrogen (secondary N) is 1. The van der Waals surface area contributed by atoms with Gasteiger partial charge in [0.2, 0.25) is 5.84 Å². The van der Waals surface area contributed by atoms with Gasteiger partial charge in [-0.3, -0.25) is 4.79 Å². The van der Waals surface area contributed by atoms with Gasteiger partial charge in [0.25, 0.3) is 5.91 Å². The molecule has 0 aliphatic heterocycles. The fourth-order valence-corrected chi connectivity index (χ4v) is 3.87. The largest absolute Gasteiger partial charge is 0.507 e. The van der Waals surface area contributed by atoms with Crippen LogP contribution in [0, 0.1) is 29.6 Å². The zero-order valence-electron chi connectivity index (χ0n) is 21.4. The van der Waals surface area contributed by atoms with Crippen molar-refractivity contribution in [3.8, 4) is 23.6 Å². The second-order valence-electron chi connectivity index (χ2n) is 8.26. The summed E-state index contributed by atoms with van der Waals surface area (Å²) in [6.07, 6.45) is 0.586. The number of phenolic OH excluding ortho intramolecular Hbond substituents is 1. The van der Waals surface area contributed by atoms with Crippen molar-refractivity contribution < 1.29 is 14.6 Å². The van der Waals surface area contributed by atoms with Gasteiger partial charge < -0.3 is 14.7 Å². The number of hydrazone groups is 1. The molecule has 0 aliphatic rings. The molecule has 0 unspecified atom stereocenters. The molecule has 0 radical (unpaired) electrons. The van der Waals surface area contributed by atoms with E-state index >= 15 is 0 Å². The van der Waals surface area contributed by atoms with E-state index in [-0.39, 0.29) is 17.1 Å². The Morgan fingerprint density at radius 3 is 2.36 bits per heavy atom. The maximum Gasteiger partial charge on any atom is 0.275 e. The van der Waals surface area contributed by atoms with E-state index in [4.69, 9.17) is 15.3 Å². The molecule has 39 heavy (non-hydrogen) atoms. The maximum absolute atomic E-state index is 12.8. The molecule has 10 nitrogen and oxygen atoms in total. The number of nitrogens with zero attached hydrogens (tertiary/aromatic N) is 6. The Hall–Kier alpha value is -4.74. The number of aromatic hydroxyl groups is 1. The number of amidine groups is 1. The van der Waals surface area contributed by atoms with Crippen molar-refractivity contribution in [2.24, 2.45) is 15.3 Å². The first-order valence-electron chi connectivity index (χ1n) is 11.9. The van der Waals surface area contributed by atoms with E-state index in [1.165, 1.54) is 19.2 Å². The summed E-state index contributed by atoms with van der Waals surface area (Å²) in [5.41, 5.74) is 5.30. The van der Waals surface area contributed by atoms with Crippen LogP contribution in [0.3, 0.4) is 0 Å². The minimum Gasteiger partial charge on any atom is -0.507 e. The number of nitriles is 2. The number of aryl methyl sites for hydroxylation is 1. The number of rotatable bonds is 10. The molecule has 1 amide bonds. The molecule has 0 aliphatic carbocycles. The molecule has 0 saturated carbocycles. The van der Waals surface area contributed by atoms with Crippen LogP contribution in [-0.4, -0.2) is 37.0 Å². The number of carbonyl (C=O) groups excluding carboxylic acids is 1. The molecule has 198 valence electrons. The van der Waals surface area contributed by atoms with Crippen LogP contribution in [0.4, 0.5) is 11.4 Å². The van der Waals surface area contributed by atoms with Gasteiger partial charge in [-0.2, -0.15) is 10.5 Å². The molecular formula is C28H26BrN7O3. The SMILES string of the molecule is COc1cc(N(CCC#N)CCC#N)ccc1/C(N=Nc1ccc(C)cc1)=N\NC(=O)c1cc(Br)ccc1O. The summed E-state index contributed by atoms with van der Waals surface area (Å²) in [6, 6.07) is 21.4. The van der Waals surface area contributed by atoms with Gasteiger partial charge in [-0.15, -0.1) is 15.3 Å².